The summed E-state index contributed by atoms with van der Waals surface area (Å²) >= 11 is 0. The molecule has 0 aliphatic heterocycles. The van der Waals surface area contributed by atoms with E-state index in [9.17, 15) is 0 Å². The number of hydrogen-bond acceptors (Lipinski definition) is 1. The Morgan fingerprint density at radius 1 is 1.36 bits per heavy atom. The zero-order valence-electron chi connectivity index (χ0n) is 8.53. The van der Waals surface area contributed by atoms with Crippen molar-refractivity contribution in [1.29, 1.82) is 0 Å². The Hall–Kier alpha value is -1.63. The standard InChI is InChI=1S/C13H15N/c1-4-11-6-8-13(9-7-11)12(5-2)10-14-3/h5-10H,2-4H2,1H3/b12-10+. The lowest BCUT2D eigenvalue weighted by atomic mass is 10.0. The van der Waals surface area contributed by atoms with Crippen molar-refractivity contribution < 1.29 is 0 Å². The molecule has 0 fully saturated rings. The average molecular weight is 185 g/mol. The van der Waals surface area contributed by atoms with Gasteiger partial charge in [0.25, 0.3) is 0 Å². The van der Waals surface area contributed by atoms with E-state index in [2.05, 4.69) is 49.5 Å². The second-order valence-electron chi connectivity index (χ2n) is 3.02. The second-order valence-corrected chi connectivity index (χ2v) is 3.02. The highest BCUT2D eigenvalue weighted by molar-refractivity contribution is 5.73. The SMILES string of the molecule is C=C/C(=C\N=C)c1ccc(CC)cc1. The Balaban J connectivity index is 3.00. The molecule has 1 aromatic rings. The van der Waals surface area contributed by atoms with E-state index < -0.39 is 0 Å². The molecule has 1 heteroatoms. The summed E-state index contributed by atoms with van der Waals surface area (Å²) in [6, 6.07) is 8.40. The lowest BCUT2D eigenvalue weighted by Gasteiger charge is -2.02. The Morgan fingerprint density at radius 2 is 2.00 bits per heavy atom. The van der Waals surface area contributed by atoms with Crippen LogP contribution in [0.15, 0.2) is 48.1 Å². The number of hydrogen-bond donors (Lipinski definition) is 0. The Kier molecular flexibility index (Phi) is 3.86. The molecule has 0 radical (unpaired) electrons. The summed E-state index contributed by atoms with van der Waals surface area (Å²) in [5.74, 6) is 0. The Labute approximate surface area is 85.5 Å². The van der Waals surface area contributed by atoms with Gasteiger partial charge in [0.1, 0.15) is 0 Å². The number of aryl methyl sites for hydroxylation is 1. The van der Waals surface area contributed by atoms with Crippen LogP contribution in [0.4, 0.5) is 0 Å². The fraction of sp³-hybridized carbons (Fsp3) is 0.154. The minimum atomic E-state index is 1.00. The van der Waals surface area contributed by atoms with Crippen LogP contribution >= 0.6 is 0 Å². The van der Waals surface area contributed by atoms with Crippen LogP contribution in [0.25, 0.3) is 5.57 Å². The quantitative estimate of drug-likeness (QED) is 0.503. The van der Waals surface area contributed by atoms with Gasteiger partial charge in [-0.25, -0.2) is 0 Å². The lowest BCUT2D eigenvalue weighted by molar-refractivity contribution is 1.14. The van der Waals surface area contributed by atoms with E-state index in [4.69, 9.17) is 0 Å². The predicted molar refractivity (Wildman–Crippen MR) is 63.5 cm³/mol. The van der Waals surface area contributed by atoms with Crippen molar-refractivity contribution in [1.82, 2.24) is 0 Å². The molecular formula is C13H15N. The average Bonchev–Trinajstić information content (AvgIpc) is 2.26. The minimum absolute atomic E-state index is 1.00. The van der Waals surface area contributed by atoms with Gasteiger partial charge in [0.2, 0.25) is 0 Å². The molecule has 0 unspecified atom stereocenters. The van der Waals surface area contributed by atoms with Crippen molar-refractivity contribution >= 4 is 12.3 Å². The third-order valence-electron chi connectivity index (χ3n) is 2.15. The smallest absolute Gasteiger partial charge is 0.0338 e. The van der Waals surface area contributed by atoms with Crippen molar-refractivity contribution in [2.45, 2.75) is 13.3 Å². The van der Waals surface area contributed by atoms with Crippen molar-refractivity contribution in [3.05, 3.63) is 54.2 Å². The van der Waals surface area contributed by atoms with E-state index in [1.165, 1.54) is 5.56 Å². The first kappa shape index (κ1) is 10.5. The normalized spacial score (nSPS) is 11.1. The highest BCUT2D eigenvalue weighted by Crippen LogP contribution is 2.16. The molecule has 0 amide bonds. The first-order valence-corrected chi connectivity index (χ1v) is 4.69. The summed E-state index contributed by atoms with van der Waals surface area (Å²) < 4.78 is 0. The molecule has 72 valence electrons. The topological polar surface area (TPSA) is 12.4 Å². The summed E-state index contributed by atoms with van der Waals surface area (Å²) in [6.45, 7) is 9.32. The first-order chi connectivity index (χ1) is 6.81. The van der Waals surface area contributed by atoms with Crippen molar-refractivity contribution in [2.75, 3.05) is 0 Å². The third kappa shape index (κ3) is 2.43. The third-order valence-corrected chi connectivity index (χ3v) is 2.15. The summed E-state index contributed by atoms with van der Waals surface area (Å²) in [7, 11) is 0. The fourth-order valence-electron chi connectivity index (χ4n) is 1.28. The van der Waals surface area contributed by atoms with Crippen molar-refractivity contribution in [2.24, 2.45) is 4.99 Å². The van der Waals surface area contributed by atoms with E-state index in [-0.39, 0.29) is 0 Å². The molecular weight excluding hydrogens is 170 g/mol. The van der Waals surface area contributed by atoms with Gasteiger partial charge in [-0.3, -0.25) is 4.99 Å². The molecule has 0 atom stereocenters. The van der Waals surface area contributed by atoms with Crippen LogP contribution < -0.4 is 0 Å². The molecule has 14 heavy (non-hydrogen) atoms. The van der Waals surface area contributed by atoms with Crippen molar-refractivity contribution in [3.63, 3.8) is 0 Å². The van der Waals surface area contributed by atoms with Gasteiger partial charge in [-0.05, 0) is 29.8 Å². The summed E-state index contributed by atoms with van der Waals surface area (Å²) in [5, 5.41) is 0. The number of allylic oxidation sites excluding steroid dienone is 2. The summed E-state index contributed by atoms with van der Waals surface area (Å²) in [6.07, 6.45) is 4.57. The van der Waals surface area contributed by atoms with Gasteiger partial charge in [0.05, 0.1) is 0 Å². The van der Waals surface area contributed by atoms with Gasteiger partial charge in [-0.15, -0.1) is 0 Å². The number of aliphatic imine (C=N–C) groups is 1. The van der Waals surface area contributed by atoms with Gasteiger partial charge in [0, 0.05) is 6.20 Å². The Morgan fingerprint density at radius 3 is 2.43 bits per heavy atom. The molecule has 0 aliphatic rings. The van der Waals surface area contributed by atoms with Crippen LogP contribution in [-0.2, 0) is 6.42 Å². The molecule has 0 N–H and O–H groups in total. The molecule has 1 rings (SSSR count). The molecule has 1 nitrogen and oxygen atoms in total. The molecule has 0 bridgehead atoms. The number of rotatable bonds is 4. The van der Waals surface area contributed by atoms with Gasteiger partial charge in [-0.1, -0.05) is 43.8 Å². The highest BCUT2D eigenvalue weighted by atomic mass is 14.6. The van der Waals surface area contributed by atoms with Crippen LogP contribution in [-0.4, -0.2) is 6.72 Å². The van der Waals surface area contributed by atoms with E-state index in [0.717, 1.165) is 17.6 Å². The monoisotopic (exact) mass is 185 g/mol. The van der Waals surface area contributed by atoms with Gasteiger partial charge in [-0.2, -0.15) is 0 Å². The van der Waals surface area contributed by atoms with E-state index >= 15 is 0 Å². The molecule has 0 heterocycles. The Bertz CT molecular complexity index is 344. The van der Waals surface area contributed by atoms with E-state index in [0.29, 0.717) is 0 Å². The van der Waals surface area contributed by atoms with E-state index in [1.54, 1.807) is 12.3 Å². The molecule has 0 aliphatic carbocycles. The maximum Gasteiger partial charge on any atom is 0.0338 e. The van der Waals surface area contributed by atoms with Gasteiger partial charge < -0.3 is 0 Å². The van der Waals surface area contributed by atoms with Crippen molar-refractivity contribution in [3.8, 4) is 0 Å². The van der Waals surface area contributed by atoms with Crippen LogP contribution in [0.3, 0.4) is 0 Å². The molecule has 0 saturated carbocycles. The largest absolute Gasteiger partial charge is 0.272 e. The first-order valence-electron chi connectivity index (χ1n) is 4.69. The van der Waals surface area contributed by atoms with Gasteiger partial charge in [0.15, 0.2) is 0 Å². The summed E-state index contributed by atoms with van der Waals surface area (Å²) in [5.41, 5.74) is 3.47. The summed E-state index contributed by atoms with van der Waals surface area (Å²) in [4.78, 5) is 3.74. The predicted octanol–water partition coefficient (Wildman–Crippen LogP) is 3.48. The lowest BCUT2D eigenvalue weighted by Crippen LogP contribution is -1.83. The zero-order chi connectivity index (χ0) is 10.4. The maximum absolute atomic E-state index is 3.74. The van der Waals surface area contributed by atoms with Crippen LogP contribution in [0, 0.1) is 0 Å². The maximum atomic E-state index is 3.74. The highest BCUT2D eigenvalue weighted by Gasteiger charge is 1.96. The van der Waals surface area contributed by atoms with E-state index in [1.807, 2.05) is 0 Å². The molecule has 1 aromatic carbocycles. The molecule has 0 spiro atoms. The molecule has 0 saturated heterocycles. The van der Waals surface area contributed by atoms with Crippen LogP contribution in [0.1, 0.15) is 18.1 Å². The minimum Gasteiger partial charge on any atom is -0.272 e. The van der Waals surface area contributed by atoms with Crippen LogP contribution in [0.2, 0.25) is 0 Å². The van der Waals surface area contributed by atoms with Gasteiger partial charge >= 0.3 is 0 Å². The van der Waals surface area contributed by atoms with Crippen LogP contribution in [0.5, 0.6) is 0 Å². The fourth-order valence-corrected chi connectivity index (χ4v) is 1.28. The zero-order valence-corrected chi connectivity index (χ0v) is 8.53. The second kappa shape index (κ2) is 5.18. The molecule has 0 aromatic heterocycles. The number of benzene rings is 1. The number of nitrogens with zero attached hydrogens (tertiary/aromatic N) is 1.